The smallest absolute Gasteiger partial charge is 0.276 e. The molecule has 0 bridgehead atoms. The summed E-state index contributed by atoms with van der Waals surface area (Å²) in [5.74, 6) is 1.25. The lowest BCUT2D eigenvalue weighted by atomic mass is 10.1. The summed E-state index contributed by atoms with van der Waals surface area (Å²) in [5, 5.41) is 3.99. The van der Waals surface area contributed by atoms with Crippen molar-refractivity contribution in [1.82, 2.24) is 24.1 Å². The molecule has 0 amide bonds. The van der Waals surface area contributed by atoms with E-state index in [0.29, 0.717) is 45.6 Å². The normalized spacial score (nSPS) is 11.8. The van der Waals surface area contributed by atoms with Gasteiger partial charge < -0.3 is 13.8 Å². The first-order valence-electron chi connectivity index (χ1n) is 11.2. The second-order valence-electron chi connectivity index (χ2n) is 8.30. The van der Waals surface area contributed by atoms with E-state index >= 15 is 0 Å². The van der Waals surface area contributed by atoms with Gasteiger partial charge in [0.1, 0.15) is 17.0 Å². The number of imidazole rings is 1. The molecular formula is C25H23N5O5S. The van der Waals surface area contributed by atoms with Crippen molar-refractivity contribution in [1.29, 1.82) is 0 Å². The van der Waals surface area contributed by atoms with Crippen molar-refractivity contribution >= 4 is 15.4 Å². The molecule has 4 heterocycles. The molecular weight excluding hydrogens is 482 g/mol. The number of hydrogen-bond donors (Lipinski definition) is 0. The van der Waals surface area contributed by atoms with Crippen LogP contribution in [0.4, 0.5) is 0 Å². The zero-order valence-corrected chi connectivity index (χ0v) is 20.9. The van der Waals surface area contributed by atoms with Crippen LogP contribution in [0.15, 0.2) is 69.3 Å². The van der Waals surface area contributed by atoms with E-state index in [1.54, 1.807) is 48.8 Å². The quantitative estimate of drug-likeness (QED) is 0.340. The Morgan fingerprint density at radius 1 is 1.14 bits per heavy atom. The molecule has 184 valence electrons. The molecule has 0 saturated carbocycles. The number of fused-ring (bicyclic) bond motifs is 1. The highest BCUT2D eigenvalue weighted by molar-refractivity contribution is 7.91. The van der Waals surface area contributed by atoms with Crippen molar-refractivity contribution in [3.8, 4) is 34.1 Å². The van der Waals surface area contributed by atoms with Crippen LogP contribution in [0, 0.1) is 13.8 Å². The van der Waals surface area contributed by atoms with Crippen LogP contribution in [0.3, 0.4) is 0 Å². The summed E-state index contributed by atoms with van der Waals surface area (Å²) < 4.78 is 39.9. The van der Waals surface area contributed by atoms with Crippen LogP contribution in [-0.4, -0.2) is 38.3 Å². The summed E-state index contributed by atoms with van der Waals surface area (Å²) >= 11 is 0. The standard InChI is InChI=1S/C25H23N5O5S/c1-5-36(32,33)17-9-10-22(18(11-17)21-13-29(4)25(31)20-12-26-14-30(20)21)34-23-8-6-7-19(27-23)24-15(2)28-35-16(24)3/h6-14H,5H2,1-4H3. The van der Waals surface area contributed by atoms with Crippen LogP contribution in [0.1, 0.15) is 18.4 Å². The van der Waals surface area contributed by atoms with Gasteiger partial charge in [-0.3, -0.25) is 9.20 Å². The zero-order chi connectivity index (χ0) is 25.6. The molecule has 1 aromatic carbocycles. The minimum absolute atomic E-state index is 0.0541. The van der Waals surface area contributed by atoms with Crippen LogP contribution in [0.5, 0.6) is 11.6 Å². The SMILES string of the molecule is CCS(=O)(=O)c1ccc(Oc2cccc(-c3c(C)noc3C)n2)c(-c2cn(C)c(=O)c3cncn23)c1. The first-order valence-corrected chi connectivity index (χ1v) is 12.8. The van der Waals surface area contributed by atoms with E-state index in [1.165, 1.54) is 23.2 Å². The van der Waals surface area contributed by atoms with Crippen molar-refractivity contribution in [3.63, 3.8) is 0 Å². The van der Waals surface area contributed by atoms with Crippen LogP contribution in [0.25, 0.3) is 28.0 Å². The first-order chi connectivity index (χ1) is 17.2. The summed E-state index contributed by atoms with van der Waals surface area (Å²) in [7, 11) is -1.88. The summed E-state index contributed by atoms with van der Waals surface area (Å²) in [6.45, 7) is 5.23. The predicted octanol–water partition coefficient (Wildman–Crippen LogP) is 3.95. The van der Waals surface area contributed by atoms with Crippen LogP contribution < -0.4 is 10.3 Å². The molecule has 0 aliphatic carbocycles. The summed E-state index contributed by atoms with van der Waals surface area (Å²) in [6.07, 6.45) is 4.59. The van der Waals surface area contributed by atoms with E-state index in [1.807, 2.05) is 19.9 Å². The number of rotatable bonds is 6. The number of hydrogen-bond acceptors (Lipinski definition) is 8. The molecule has 0 aliphatic heterocycles. The molecule has 5 rings (SSSR count). The van der Waals surface area contributed by atoms with Gasteiger partial charge >= 0.3 is 0 Å². The maximum atomic E-state index is 12.7. The summed E-state index contributed by atoms with van der Waals surface area (Å²) in [5.41, 5.74) is 3.24. The van der Waals surface area contributed by atoms with Gasteiger partial charge in [-0.1, -0.05) is 18.1 Å². The van der Waals surface area contributed by atoms with E-state index in [9.17, 15) is 13.2 Å². The van der Waals surface area contributed by atoms with Gasteiger partial charge in [0.25, 0.3) is 5.56 Å². The highest BCUT2D eigenvalue weighted by Gasteiger charge is 2.20. The van der Waals surface area contributed by atoms with Gasteiger partial charge in [-0.25, -0.2) is 18.4 Å². The number of ether oxygens (including phenoxy) is 1. The minimum atomic E-state index is -3.50. The second kappa shape index (κ2) is 8.76. The van der Waals surface area contributed by atoms with E-state index < -0.39 is 9.84 Å². The molecule has 0 spiro atoms. The lowest BCUT2D eigenvalue weighted by Crippen LogP contribution is -2.19. The average molecular weight is 506 g/mol. The maximum absolute atomic E-state index is 12.7. The fourth-order valence-corrected chi connectivity index (χ4v) is 4.97. The molecule has 0 atom stereocenters. The van der Waals surface area contributed by atoms with Gasteiger partial charge in [0.2, 0.25) is 5.88 Å². The number of aryl methyl sites for hydroxylation is 3. The van der Waals surface area contributed by atoms with Crippen LogP contribution in [-0.2, 0) is 16.9 Å². The third-order valence-electron chi connectivity index (χ3n) is 5.95. The van der Waals surface area contributed by atoms with Crippen molar-refractivity contribution in [2.24, 2.45) is 7.05 Å². The van der Waals surface area contributed by atoms with Gasteiger partial charge in [-0.2, -0.15) is 0 Å². The van der Waals surface area contributed by atoms with Gasteiger partial charge in [-0.05, 0) is 38.1 Å². The Balaban J connectivity index is 1.69. The monoisotopic (exact) mass is 505 g/mol. The number of benzene rings is 1. The second-order valence-corrected chi connectivity index (χ2v) is 10.6. The molecule has 0 unspecified atom stereocenters. The van der Waals surface area contributed by atoms with Crippen molar-refractivity contribution in [3.05, 3.63) is 76.9 Å². The highest BCUT2D eigenvalue weighted by atomic mass is 32.2. The summed E-state index contributed by atoms with van der Waals surface area (Å²) in [6, 6.07) is 9.98. The Bertz CT molecular complexity index is 1760. The molecule has 0 aliphatic rings. The Labute approximate surface area is 206 Å². The Morgan fingerprint density at radius 3 is 2.67 bits per heavy atom. The lowest BCUT2D eigenvalue weighted by molar-refractivity contribution is 0.393. The number of nitrogens with zero attached hydrogens (tertiary/aromatic N) is 5. The fraction of sp³-hybridized carbons (Fsp3) is 0.200. The topological polar surface area (TPSA) is 122 Å². The van der Waals surface area contributed by atoms with Gasteiger partial charge in [0, 0.05) is 24.9 Å². The zero-order valence-electron chi connectivity index (χ0n) is 20.1. The Kier molecular flexibility index (Phi) is 5.71. The molecule has 0 fully saturated rings. The van der Waals surface area contributed by atoms with E-state index in [2.05, 4.69) is 15.1 Å². The fourth-order valence-electron chi connectivity index (χ4n) is 4.06. The van der Waals surface area contributed by atoms with Crippen molar-refractivity contribution < 1.29 is 17.7 Å². The largest absolute Gasteiger partial charge is 0.438 e. The van der Waals surface area contributed by atoms with Crippen LogP contribution in [0.2, 0.25) is 0 Å². The molecule has 36 heavy (non-hydrogen) atoms. The molecule has 4 aromatic heterocycles. The third kappa shape index (κ3) is 3.97. The Hall–Kier alpha value is -4.25. The van der Waals surface area contributed by atoms with Crippen LogP contribution >= 0.6 is 0 Å². The Morgan fingerprint density at radius 2 is 1.94 bits per heavy atom. The maximum Gasteiger partial charge on any atom is 0.276 e. The molecule has 10 nitrogen and oxygen atoms in total. The minimum Gasteiger partial charge on any atom is -0.438 e. The molecule has 0 N–H and O–H groups in total. The molecule has 0 saturated heterocycles. The van der Waals surface area contributed by atoms with Crippen molar-refractivity contribution in [2.45, 2.75) is 25.7 Å². The first kappa shape index (κ1) is 23.5. The molecule has 11 heteroatoms. The third-order valence-corrected chi connectivity index (χ3v) is 7.68. The predicted molar refractivity (Wildman–Crippen MR) is 133 cm³/mol. The van der Waals surface area contributed by atoms with Crippen molar-refractivity contribution in [2.75, 3.05) is 5.75 Å². The van der Waals surface area contributed by atoms with E-state index in [4.69, 9.17) is 9.26 Å². The van der Waals surface area contributed by atoms with Gasteiger partial charge in [0.15, 0.2) is 9.84 Å². The van der Waals surface area contributed by atoms with Gasteiger partial charge in [-0.15, -0.1) is 0 Å². The number of aromatic nitrogens is 5. The average Bonchev–Trinajstić information content (AvgIpc) is 3.48. The molecule has 0 radical (unpaired) electrons. The van der Waals surface area contributed by atoms with Gasteiger partial charge in [0.05, 0.1) is 45.8 Å². The molecule has 5 aromatic rings. The van der Waals surface area contributed by atoms with E-state index in [-0.39, 0.29) is 16.2 Å². The summed E-state index contributed by atoms with van der Waals surface area (Å²) in [4.78, 5) is 21.5. The number of pyridine rings is 1. The lowest BCUT2D eigenvalue weighted by Gasteiger charge is -2.15. The number of sulfone groups is 1. The van der Waals surface area contributed by atoms with E-state index in [0.717, 1.165) is 5.56 Å². The highest BCUT2D eigenvalue weighted by Crippen LogP contribution is 2.36.